The van der Waals surface area contributed by atoms with E-state index in [1.807, 2.05) is 23.1 Å². The van der Waals surface area contributed by atoms with Crippen molar-refractivity contribution in [1.29, 1.82) is 0 Å². The molecule has 2 aromatic rings. The monoisotopic (exact) mass is 344 g/mol. The molecule has 124 valence electrons. The Morgan fingerprint density at radius 1 is 1.04 bits per heavy atom. The van der Waals surface area contributed by atoms with Gasteiger partial charge in [0.2, 0.25) is 5.91 Å². The van der Waals surface area contributed by atoms with E-state index in [2.05, 4.69) is 0 Å². The average molecular weight is 345 g/mol. The van der Waals surface area contributed by atoms with E-state index in [0.29, 0.717) is 36.9 Å². The maximum absolute atomic E-state index is 13.8. The molecule has 1 fully saturated rings. The highest BCUT2D eigenvalue weighted by Gasteiger charge is 2.21. The molecule has 0 atom stereocenters. The summed E-state index contributed by atoms with van der Waals surface area (Å²) in [5, 5.41) is 0.642. The van der Waals surface area contributed by atoms with Crippen molar-refractivity contribution < 1.29 is 9.18 Å². The topological polar surface area (TPSA) is 23.6 Å². The molecule has 0 radical (unpaired) electrons. The minimum atomic E-state index is -0.224. The smallest absolute Gasteiger partial charge is 0.246 e. The summed E-state index contributed by atoms with van der Waals surface area (Å²) < 4.78 is 13.8. The van der Waals surface area contributed by atoms with E-state index < -0.39 is 0 Å². The molecule has 0 aliphatic carbocycles. The van der Waals surface area contributed by atoms with E-state index in [-0.39, 0.29) is 11.7 Å². The second-order valence-corrected chi connectivity index (χ2v) is 6.09. The first-order valence-electron chi connectivity index (χ1n) is 7.85. The number of piperazine rings is 1. The lowest BCUT2D eigenvalue weighted by Gasteiger charge is -2.35. The largest absolute Gasteiger partial charge is 0.366 e. The molecule has 0 saturated carbocycles. The van der Waals surface area contributed by atoms with Gasteiger partial charge in [-0.1, -0.05) is 35.9 Å². The summed E-state index contributed by atoms with van der Waals surface area (Å²) in [5.41, 5.74) is 1.49. The van der Waals surface area contributed by atoms with Crippen molar-refractivity contribution in [2.45, 2.75) is 0 Å². The SMILES string of the molecule is O=C(/C=C/c1cccc(Cl)c1)N1CCN(c2ccccc2F)CC1. The Labute approximate surface area is 145 Å². The number of amides is 1. The number of carbonyl (C=O) groups excluding carboxylic acids is 1. The number of rotatable bonds is 3. The molecule has 0 bridgehead atoms. The normalized spacial score (nSPS) is 15.1. The van der Waals surface area contributed by atoms with Gasteiger partial charge in [0, 0.05) is 37.3 Å². The first-order valence-corrected chi connectivity index (χ1v) is 8.23. The van der Waals surface area contributed by atoms with Gasteiger partial charge in [0.05, 0.1) is 5.69 Å². The van der Waals surface area contributed by atoms with Crippen molar-refractivity contribution in [3.8, 4) is 0 Å². The second-order valence-electron chi connectivity index (χ2n) is 5.65. The van der Waals surface area contributed by atoms with Crippen LogP contribution >= 0.6 is 11.6 Å². The van der Waals surface area contributed by atoms with Gasteiger partial charge in [0.25, 0.3) is 0 Å². The van der Waals surface area contributed by atoms with Crippen LogP contribution in [0.2, 0.25) is 5.02 Å². The van der Waals surface area contributed by atoms with Crippen LogP contribution in [0.4, 0.5) is 10.1 Å². The maximum Gasteiger partial charge on any atom is 0.246 e. The van der Waals surface area contributed by atoms with Gasteiger partial charge in [0.15, 0.2) is 0 Å². The molecular formula is C19H18ClFN2O. The van der Waals surface area contributed by atoms with E-state index >= 15 is 0 Å². The van der Waals surface area contributed by atoms with Crippen LogP contribution in [0.5, 0.6) is 0 Å². The quantitative estimate of drug-likeness (QED) is 0.790. The lowest BCUT2D eigenvalue weighted by Crippen LogP contribution is -2.48. The third-order valence-electron chi connectivity index (χ3n) is 4.05. The number of nitrogens with zero attached hydrogens (tertiary/aromatic N) is 2. The van der Waals surface area contributed by atoms with Crippen LogP contribution in [0.25, 0.3) is 6.08 Å². The van der Waals surface area contributed by atoms with Crippen LogP contribution in [0, 0.1) is 5.82 Å². The summed E-state index contributed by atoms with van der Waals surface area (Å²) >= 11 is 5.93. The van der Waals surface area contributed by atoms with E-state index in [1.165, 1.54) is 6.07 Å². The maximum atomic E-state index is 13.8. The summed E-state index contributed by atoms with van der Waals surface area (Å²) in [6.45, 7) is 2.40. The molecular weight excluding hydrogens is 327 g/mol. The van der Waals surface area contributed by atoms with Gasteiger partial charge in [-0.15, -0.1) is 0 Å². The zero-order valence-electron chi connectivity index (χ0n) is 13.2. The van der Waals surface area contributed by atoms with E-state index in [4.69, 9.17) is 11.6 Å². The number of hydrogen-bond acceptors (Lipinski definition) is 2. The minimum absolute atomic E-state index is 0.0387. The van der Waals surface area contributed by atoms with Gasteiger partial charge in [-0.2, -0.15) is 0 Å². The minimum Gasteiger partial charge on any atom is -0.366 e. The summed E-state index contributed by atoms with van der Waals surface area (Å²) in [6.07, 6.45) is 3.32. The molecule has 1 aliphatic heterocycles. The van der Waals surface area contributed by atoms with Crippen molar-refractivity contribution in [2.75, 3.05) is 31.1 Å². The van der Waals surface area contributed by atoms with Crippen LogP contribution < -0.4 is 4.90 Å². The molecule has 3 rings (SSSR count). The third kappa shape index (κ3) is 3.95. The van der Waals surface area contributed by atoms with E-state index in [0.717, 1.165) is 5.56 Å². The number of para-hydroxylation sites is 1. The number of carbonyl (C=O) groups is 1. The molecule has 0 unspecified atom stereocenters. The average Bonchev–Trinajstić information content (AvgIpc) is 2.60. The van der Waals surface area contributed by atoms with Crippen LogP contribution in [0.15, 0.2) is 54.6 Å². The number of benzene rings is 2. The summed E-state index contributed by atoms with van der Waals surface area (Å²) in [6, 6.07) is 14.1. The summed E-state index contributed by atoms with van der Waals surface area (Å²) in [7, 11) is 0. The third-order valence-corrected chi connectivity index (χ3v) is 4.29. The molecule has 0 spiro atoms. The van der Waals surface area contributed by atoms with Gasteiger partial charge in [-0.3, -0.25) is 4.79 Å². The fourth-order valence-electron chi connectivity index (χ4n) is 2.76. The van der Waals surface area contributed by atoms with Crippen molar-refractivity contribution in [3.63, 3.8) is 0 Å². The zero-order chi connectivity index (χ0) is 16.9. The fraction of sp³-hybridized carbons (Fsp3) is 0.211. The zero-order valence-corrected chi connectivity index (χ0v) is 13.9. The molecule has 1 aliphatic rings. The standard InChI is InChI=1S/C19H18ClFN2O/c20-16-5-3-4-15(14-16)8-9-19(24)23-12-10-22(11-13-23)18-7-2-1-6-17(18)21/h1-9,14H,10-13H2/b9-8+. The van der Waals surface area contributed by atoms with Crippen molar-refractivity contribution in [1.82, 2.24) is 4.90 Å². The molecule has 5 heteroatoms. The number of hydrogen-bond donors (Lipinski definition) is 0. The summed E-state index contributed by atoms with van der Waals surface area (Å²) in [4.78, 5) is 16.0. The highest BCUT2D eigenvalue weighted by Crippen LogP contribution is 2.20. The molecule has 2 aromatic carbocycles. The van der Waals surface area contributed by atoms with Gasteiger partial charge >= 0.3 is 0 Å². The van der Waals surface area contributed by atoms with Gasteiger partial charge < -0.3 is 9.80 Å². The van der Waals surface area contributed by atoms with Crippen LogP contribution in [-0.4, -0.2) is 37.0 Å². The Morgan fingerprint density at radius 3 is 2.50 bits per heavy atom. The Bertz CT molecular complexity index is 755. The molecule has 0 aromatic heterocycles. The first kappa shape index (κ1) is 16.5. The predicted octanol–water partition coefficient (Wildman–Crippen LogP) is 3.84. The Balaban J connectivity index is 1.58. The lowest BCUT2D eigenvalue weighted by atomic mass is 10.2. The Kier molecular flexibility index (Phi) is 5.16. The summed E-state index contributed by atoms with van der Waals surface area (Å²) in [5.74, 6) is -0.263. The highest BCUT2D eigenvalue weighted by atomic mass is 35.5. The van der Waals surface area contributed by atoms with Gasteiger partial charge in [-0.05, 0) is 35.9 Å². The Morgan fingerprint density at radius 2 is 1.79 bits per heavy atom. The molecule has 1 saturated heterocycles. The van der Waals surface area contributed by atoms with E-state index in [9.17, 15) is 9.18 Å². The number of halogens is 2. The molecule has 0 N–H and O–H groups in total. The number of anilines is 1. The molecule has 24 heavy (non-hydrogen) atoms. The fourth-order valence-corrected chi connectivity index (χ4v) is 2.96. The van der Waals surface area contributed by atoms with Crippen molar-refractivity contribution >= 4 is 29.3 Å². The van der Waals surface area contributed by atoms with Crippen molar-refractivity contribution in [2.24, 2.45) is 0 Å². The predicted molar refractivity (Wildman–Crippen MR) is 95.7 cm³/mol. The van der Waals surface area contributed by atoms with Crippen LogP contribution in [0.3, 0.4) is 0 Å². The van der Waals surface area contributed by atoms with Crippen LogP contribution in [0.1, 0.15) is 5.56 Å². The first-order chi connectivity index (χ1) is 11.6. The van der Waals surface area contributed by atoms with E-state index in [1.54, 1.807) is 41.3 Å². The lowest BCUT2D eigenvalue weighted by molar-refractivity contribution is -0.126. The molecule has 3 nitrogen and oxygen atoms in total. The highest BCUT2D eigenvalue weighted by molar-refractivity contribution is 6.30. The molecule has 1 amide bonds. The van der Waals surface area contributed by atoms with Gasteiger partial charge in [-0.25, -0.2) is 4.39 Å². The second kappa shape index (κ2) is 7.49. The molecule has 1 heterocycles. The Hall–Kier alpha value is -2.33. The van der Waals surface area contributed by atoms with Crippen LogP contribution in [-0.2, 0) is 4.79 Å². The van der Waals surface area contributed by atoms with Crippen molar-refractivity contribution in [3.05, 3.63) is 71.0 Å². The van der Waals surface area contributed by atoms with Gasteiger partial charge in [0.1, 0.15) is 5.82 Å².